The summed E-state index contributed by atoms with van der Waals surface area (Å²) in [6.45, 7) is 1.52. The summed E-state index contributed by atoms with van der Waals surface area (Å²) >= 11 is 0. The molecule has 0 unspecified atom stereocenters. The molecule has 0 bridgehead atoms. The van der Waals surface area contributed by atoms with E-state index in [0.29, 0.717) is 17.5 Å². The molecule has 1 aliphatic heterocycles. The van der Waals surface area contributed by atoms with Gasteiger partial charge in [-0.2, -0.15) is 5.10 Å². The molecule has 0 spiro atoms. The van der Waals surface area contributed by atoms with Crippen molar-refractivity contribution in [1.29, 1.82) is 0 Å². The molecule has 1 amide bonds. The summed E-state index contributed by atoms with van der Waals surface area (Å²) in [6.07, 6.45) is 7.18. The maximum Gasteiger partial charge on any atom is 0.248 e. The molecule has 2 fully saturated rings. The first-order chi connectivity index (χ1) is 12.2. The Morgan fingerprint density at radius 3 is 2.52 bits per heavy atom. The fourth-order valence-corrected chi connectivity index (χ4v) is 3.85. The van der Waals surface area contributed by atoms with Gasteiger partial charge in [-0.15, -0.1) is 0 Å². The van der Waals surface area contributed by atoms with Crippen LogP contribution in [0.25, 0.3) is 11.4 Å². The Morgan fingerprint density at radius 2 is 1.88 bits per heavy atom. The lowest BCUT2D eigenvalue weighted by atomic mass is 9.95. The summed E-state index contributed by atoms with van der Waals surface area (Å²) in [5.74, 6) is 1.69. The minimum Gasteiger partial charge on any atom is -0.381 e. The zero-order valence-corrected chi connectivity index (χ0v) is 14.4. The Hall–Kier alpha value is -2.21. The molecular weight excluding hydrogens is 316 g/mol. The lowest BCUT2D eigenvalue weighted by molar-refractivity contribution is 0.100. The number of rotatable bonds is 4. The van der Waals surface area contributed by atoms with Crippen LogP contribution < -0.4 is 5.73 Å². The highest BCUT2D eigenvalue weighted by Crippen LogP contribution is 2.33. The van der Waals surface area contributed by atoms with Gasteiger partial charge >= 0.3 is 0 Å². The summed E-state index contributed by atoms with van der Waals surface area (Å²) in [5.41, 5.74) is 6.74. The Kier molecular flexibility index (Phi) is 4.53. The van der Waals surface area contributed by atoms with Crippen molar-refractivity contribution in [3.05, 3.63) is 35.7 Å². The topological polar surface area (TPSA) is 83.0 Å². The highest BCUT2D eigenvalue weighted by atomic mass is 16.5. The predicted molar refractivity (Wildman–Crippen MR) is 94.3 cm³/mol. The van der Waals surface area contributed by atoms with Gasteiger partial charge in [0.15, 0.2) is 5.82 Å². The summed E-state index contributed by atoms with van der Waals surface area (Å²) < 4.78 is 7.74. The van der Waals surface area contributed by atoms with Gasteiger partial charge in [0.05, 0.1) is 12.6 Å². The van der Waals surface area contributed by atoms with Crippen LogP contribution in [0.4, 0.5) is 0 Å². The summed E-state index contributed by atoms with van der Waals surface area (Å²) in [6, 6.07) is 7.65. The third-order valence-electron chi connectivity index (χ3n) is 5.30. The maximum absolute atomic E-state index is 11.3. The van der Waals surface area contributed by atoms with Crippen LogP contribution in [0.1, 0.15) is 66.7 Å². The number of primary amides is 1. The average molecular weight is 340 g/mol. The van der Waals surface area contributed by atoms with E-state index in [-0.39, 0.29) is 0 Å². The van der Waals surface area contributed by atoms with Crippen molar-refractivity contribution in [2.45, 2.75) is 50.5 Å². The molecule has 1 saturated carbocycles. The number of nitrogens with zero attached hydrogens (tertiary/aromatic N) is 3. The third kappa shape index (κ3) is 3.31. The fraction of sp³-hybridized carbons (Fsp3) is 0.526. The number of hydrogen-bond donors (Lipinski definition) is 1. The summed E-state index contributed by atoms with van der Waals surface area (Å²) in [7, 11) is 0. The maximum atomic E-state index is 11.3. The molecule has 132 valence electrons. The molecule has 25 heavy (non-hydrogen) atoms. The SMILES string of the molecule is NC(=O)c1ccc(-c2nc([C@@H]3CCOC3)n(C3CCCCC3)n2)cc1. The first-order valence-electron chi connectivity index (χ1n) is 9.17. The van der Waals surface area contributed by atoms with E-state index < -0.39 is 5.91 Å². The Bertz CT molecular complexity index is 741. The van der Waals surface area contributed by atoms with E-state index in [1.807, 2.05) is 12.1 Å². The van der Waals surface area contributed by atoms with Gasteiger partial charge in [-0.3, -0.25) is 4.79 Å². The number of aromatic nitrogens is 3. The van der Waals surface area contributed by atoms with E-state index in [1.165, 1.54) is 32.1 Å². The van der Waals surface area contributed by atoms with Gasteiger partial charge in [0.25, 0.3) is 0 Å². The van der Waals surface area contributed by atoms with E-state index in [2.05, 4.69) is 4.68 Å². The lowest BCUT2D eigenvalue weighted by Crippen LogP contribution is -2.19. The highest BCUT2D eigenvalue weighted by molar-refractivity contribution is 5.93. The molecule has 4 rings (SSSR count). The number of amides is 1. The fourth-order valence-electron chi connectivity index (χ4n) is 3.85. The van der Waals surface area contributed by atoms with Crippen LogP contribution in [0.2, 0.25) is 0 Å². The molecule has 1 aromatic heterocycles. The molecule has 2 aromatic rings. The minimum absolute atomic E-state index is 0.327. The van der Waals surface area contributed by atoms with E-state index in [9.17, 15) is 4.79 Å². The molecule has 6 heteroatoms. The summed E-state index contributed by atoms with van der Waals surface area (Å²) in [4.78, 5) is 16.1. The second-order valence-corrected chi connectivity index (χ2v) is 7.03. The van der Waals surface area contributed by atoms with Crippen molar-refractivity contribution in [2.24, 2.45) is 5.73 Å². The van der Waals surface area contributed by atoms with Crippen molar-refractivity contribution in [2.75, 3.05) is 13.2 Å². The number of carbonyl (C=O) groups excluding carboxylic acids is 1. The van der Waals surface area contributed by atoms with E-state index in [4.69, 9.17) is 20.6 Å². The van der Waals surface area contributed by atoms with Gasteiger partial charge in [0.1, 0.15) is 5.82 Å². The Morgan fingerprint density at radius 1 is 1.12 bits per heavy atom. The minimum atomic E-state index is -0.420. The first-order valence-corrected chi connectivity index (χ1v) is 9.17. The van der Waals surface area contributed by atoms with Gasteiger partial charge < -0.3 is 10.5 Å². The molecule has 0 radical (unpaired) electrons. The van der Waals surface area contributed by atoms with Crippen LogP contribution in [0.15, 0.2) is 24.3 Å². The smallest absolute Gasteiger partial charge is 0.248 e. The zero-order chi connectivity index (χ0) is 17.2. The van der Waals surface area contributed by atoms with Crippen molar-refractivity contribution in [3.63, 3.8) is 0 Å². The second-order valence-electron chi connectivity index (χ2n) is 7.03. The normalized spacial score (nSPS) is 21.5. The number of benzene rings is 1. The molecule has 1 aliphatic carbocycles. The predicted octanol–water partition coefficient (Wildman–Crippen LogP) is 3.05. The quantitative estimate of drug-likeness (QED) is 0.927. The molecule has 2 heterocycles. The van der Waals surface area contributed by atoms with E-state index in [1.54, 1.807) is 12.1 Å². The molecule has 1 atom stereocenters. The Labute approximate surface area is 147 Å². The standard InChI is InChI=1S/C19H24N4O2/c20-17(24)13-6-8-14(9-7-13)18-21-19(15-10-11-25-12-15)23(22-18)16-4-2-1-3-5-16/h6-9,15-16H,1-5,10-12H2,(H2,20,24)/t15-/m1/s1. The van der Waals surface area contributed by atoms with Crippen LogP contribution >= 0.6 is 0 Å². The van der Waals surface area contributed by atoms with Crippen LogP contribution in [-0.4, -0.2) is 33.9 Å². The van der Waals surface area contributed by atoms with Crippen molar-refractivity contribution in [3.8, 4) is 11.4 Å². The monoisotopic (exact) mass is 340 g/mol. The van der Waals surface area contributed by atoms with Gasteiger partial charge in [0.2, 0.25) is 5.91 Å². The van der Waals surface area contributed by atoms with Crippen LogP contribution in [0.3, 0.4) is 0 Å². The van der Waals surface area contributed by atoms with Crippen molar-refractivity contribution >= 4 is 5.91 Å². The highest BCUT2D eigenvalue weighted by Gasteiger charge is 2.28. The van der Waals surface area contributed by atoms with Gasteiger partial charge in [-0.1, -0.05) is 31.4 Å². The lowest BCUT2D eigenvalue weighted by Gasteiger charge is -2.24. The molecular formula is C19H24N4O2. The van der Waals surface area contributed by atoms with E-state index in [0.717, 1.165) is 36.8 Å². The molecule has 2 N–H and O–H groups in total. The van der Waals surface area contributed by atoms with Crippen molar-refractivity contribution < 1.29 is 9.53 Å². The zero-order valence-electron chi connectivity index (χ0n) is 14.4. The van der Waals surface area contributed by atoms with Crippen LogP contribution in [0.5, 0.6) is 0 Å². The summed E-state index contributed by atoms with van der Waals surface area (Å²) in [5, 5.41) is 4.86. The largest absolute Gasteiger partial charge is 0.381 e. The van der Waals surface area contributed by atoms with Crippen LogP contribution in [-0.2, 0) is 4.74 Å². The van der Waals surface area contributed by atoms with Gasteiger partial charge in [-0.05, 0) is 31.4 Å². The molecule has 1 saturated heterocycles. The second kappa shape index (κ2) is 6.96. The van der Waals surface area contributed by atoms with E-state index >= 15 is 0 Å². The van der Waals surface area contributed by atoms with Gasteiger partial charge in [0, 0.05) is 23.7 Å². The molecule has 2 aliphatic rings. The Balaban J connectivity index is 1.69. The van der Waals surface area contributed by atoms with Crippen LogP contribution in [0, 0.1) is 0 Å². The number of carbonyl (C=O) groups is 1. The number of ether oxygens (including phenoxy) is 1. The average Bonchev–Trinajstić information content (AvgIpc) is 3.32. The molecule has 6 nitrogen and oxygen atoms in total. The third-order valence-corrected chi connectivity index (χ3v) is 5.30. The van der Waals surface area contributed by atoms with Crippen molar-refractivity contribution in [1.82, 2.24) is 14.8 Å². The molecule has 1 aromatic carbocycles. The first kappa shape index (κ1) is 16.3. The number of nitrogens with two attached hydrogens (primary N) is 1. The number of hydrogen-bond acceptors (Lipinski definition) is 4. The van der Waals surface area contributed by atoms with Gasteiger partial charge in [-0.25, -0.2) is 9.67 Å².